The predicted octanol–water partition coefficient (Wildman–Crippen LogP) is 15.1. The first-order chi connectivity index (χ1) is 26.8. The van der Waals surface area contributed by atoms with Gasteiger partial charge in [-0.25, -0.2) is 0 Å². The SMILES string of the molecule is c1ccc(-c2ccc(-c3ccc(-c4c5ccccc5c(-c5ccc(-c6ccc(-c7ccccc7)cc6)cc5)c5cc6ccccc6cc45)cc3)cc2)cc1. The molecular formula is C54H36. The molecule has 54 heavy (non-hydrogen) atoms. The normalized spacial score (nSPS) is 11.3. The van der Waals surface area contributed by atoms with Crippen molar-refractivity contribution >= 4 is 32.3 Å². The van der Waals surface area contributed by atoms with Gasteiger partial charge in [0, 0.05) is 0 Å². The van der Waals surface area contributed by atoms with Gasteiger partial charge in [-0.15, -0.1) is 0 Å². The second-order valence-electron chi connectivity index (χ2n) is 14.1. The van der Waals surface area contributed by atoms with Crippen LogP contribution in [0, 0.1) is 0 Å². The topological polar surface area (TPSA) is 0 Å². The molecule has 0 heteroatoms. The minimum absolute atomic E-state index is 1.21. The Labute approximate surface area is 316 Å². The molecular weight excluding hydrogens is 649 g/mol. The molecule has 0 heterocycles. The predicted molar refractivity (Wildman–Crippen MR) is 232 cm³/mol. The summed E-state index contributed by atoms with van der Waals surface area (Å²) in [7, 11) is 0. The second kappa shape index (κ2) is 13.5. The first-order valence-corrected chi connectivity index (χ1v) is 18.7. The van der Waals surface area contributed by atoms with Gasteiger partial charge in [0.1, 0.15) is 0 Å². The molecule has 0 aliphatic rings. The van der Waals surface area contributed by atoms with E-state index in [2.05, 4.69) is 218 Å². The van der Waals surface area contributed by atoms with Crippen LogP contribution in [0.1, 0.15) is 0 Å². The summed E-state index contributed by atoms with van der Waals surface area (Å²) in [4.78, 5) is 0. The number of fused-ring (bicyclic) bond motifs is 3. The van der Waals surface area contributed by atoms with E-state index in [1.807, 2.05) is 0 Å². The average Bonchev–Trinajstić information content (AvgIpc) is 3.26. The molecule has 0 amide bonds. The van der Waals surface area contributed by atoms with E-state index < -0.39 is 0 Å². The van der Waals surface area contributed by atoms with Crippen LogP contribution < -0.4 is 0 Å². The van der Waals surface area contributed by atoms with Crippen LogP contribution in [0.25, 0.3) is 99.1 Å². The zero-order valence-electron chi connectivity index (χ0n) is 29.8. The Morgan fingerprint density at radius 3 is 0.722 bits per heavy atom. The van der Waals surface area contributed by atoms with Crippen molar-refractivity contribution in [3.63, 3.8) is 0 Å². The van der Waals surface area contributed by atoms with E-state index in [-0.39, 0.29) is 0 Å². The number of benzene rings is 10. The first-order valence-electron chi connectivity index (χ1n) is 18.7. The van der Waals surface area contributed by atoms with Crippen LogP contribution >= 0.6 is 0 Å². The molecule has 0 saturated carbocycles. The van der Waals surface area contributed by atoms with Gasteiger partial charge in [-0.3, -0.25) is 0 Å². The van der Waals surface area contributed by atoms with Gasteiger partial charge in [0.25, 0.3) is 0 Å². The second-order valence-corrected chi connectivity index (χ2v) is 14.1. The quantitative estimate of drug-likeness (QED) is 0.153. The summed E-state index contributed by atoms with van der Waals surface area (Å²) in [5.41, 5.74) is 14.8. The zero-order chi connectivity index (χ0) is 35.8. The lowest BCUT2D eigenvalue weighted by Gasteiger charge is -2.19. The van der Waals surface area contributed by atoms with E-state index in [1.165, 1.54) is 99.1 Å². The molecule has 0 aliphatic carbocycles. The Bertz CT molecular complexity index is 2700. The molecule has 0 spiro atoms. The van der Waals surface area contributed by atoms with E-state index in [4.69, 9.17) is 0 Å². The Morgan fingerprint density at radius 2 is 0.407 bits per heavy atom. The van der Waals surface area contributed by atoms with Crippen LogP contribution in [0.4, 0.5) is 0 Å². The maximum Gasteiger partial charge on any atom is -0.00261 e. The van der Waals surface area contributed by atoms with Crippen molar-refractivity contribution in [2.24, 2.45) is 0 Å². The van der Waals surface area contributed by atoms with Crippen LogP contribution in [-0.4, -0.2) is 0 Å². The van der Waals surface area contributed by atoms with Crippen LogP contribution in [0.2, 0.25) is 0 Å². The number of hydrogen-bond acceptors (Lipinski definition) is 0. The van der Waals surface area contributed by atoms with Crippen LogP contribution in [0.15, 0.2) is 218 Å². The van der Waals surface area contributed by atoms with E-state index >= 15 is 0 Å². The summed E-state index contributed by atoms with van der Waals surface area (Å²) in [5.74, 6) is 0. The van der Waals surface area contributed by atoms with Crippen LogP contribution in [-0.2, 0) is 0 Å². The summed E-state index contributed by atoms with van der Waals surface area (Å²) in [6.07, 6.45) is 0. The molecule has 0 fully saturated rings. The fourth-order valence-corrected chi connectivity index (χ4v) is 8.12. The zero-order valence-corrected chi connectivity index (χ0v) is 29.8. The fraction of sp³-hybridized carbons (Fsp3) is 0. The highest BCUT2D eigenvalue weighted by molar-refractivity contribution is 6.23. The van der Waals surface area contributed by atoms with Crippen molar-refractivity contribution in [2.75, 3.05) is 0 Å². The van der Waals surface area contributed by atoms with Gasteiger partial charge in [-0.05, 0) is 111 Å². The van der Waals surface area contributed by atoms with Crippen molar-refractivity contribution in [3.05, 3.63) is 218 Å². The molecule has 0 aliphatic heterocycles. The van der Waals surface area contributed by atoms with Gasteiger partial charge >= 0.3 is 0 Å². The third kappa shape index (κ3) is 5.75. The molecule has 0 unspecified atom stereocenters. The van der Waals surface area contributed by atoms with Crippen molar-refractivity contribution < 1.29 is 0 Å². The molecule has 0 atom stereocenters. The Hall–Kier alpha value is -7.02. The largest absolute Gasteiger partial charge is 0.0622 e. The molecule has 0 bridgehead atoms. The lowest BCUT2D eigenvalue weighted by Crippen LogP contribution is -1.92. The smallest absolute Gasteiger partial charge is 0.00261 e. The Balaban J connectivity index is 1.08. The third-order valence-electron chi connectivity index (χ3n) is 10.9. The Morgan fingerprint density at radius 1 is 0.167 bits per heavy atom. The lowest BCUT2D eigenvalue weighted by atomic mass is 9.84. The van der Waals surface area contributed by atoms with Gasteiger partial charge in [0.05, 0.1) is 0 Å². The molecule has 0 N–H and O–H groups in total. The molecule has 0 radical (unpaired) electrons. The molecule has 0 nitrogen and oxygen atoms in total. The third-order valence-corrected chi connectivity index (χ3v) is 10.9. The summed E-state index contributed by atoms with van der Waals surface area (Å²) in [6, 6.07) is 79.7. The van der Waals surface area contributed by atoms with Gasteiger partial charge in [0.2, 0.25) is 0 Å². The first kappa shape index (κ1) is 31.7. The van der Waals surface area contributed by atoms with Crippen molar-refractivity contribution in [1.82, 2.24) is 0 Å². The standard InChI is InChI=1S/C54H36/c1-3-11-37(12-4-1)39-19-23-41(24-20-39)43-27-31-45(32-28-43)53-49-17-9-10-18-50(49)54(52-36-48-16-8-7-15-47(48)35-51(52)53)46-33-29-44(30-34-46)42-25-21-40(22-26-42)38-13-5-2-6-14-38/h1-36H. The van der Waals surface area contributed by atoms with Gasteiger partial charge in [0.15, 0.2) is 0 Å². The van der Waals surface area contributed by atoms with Gasteiger partial charge < -0.3 is 0 Å². The average molecular weight is 685 g/mol. The number of hydrogen-bond donors (Lipinski definition) is 0. The van der Waals surface area contributed by atoms with Gasteiger partial charge in [-0.1, -0.05) is 206 Å². The summed E-state index contributed by atoms with van der Waals surface area (Å²) >= 11 is 0. The van der Waals surface area contributed by atoms with Crippen molar-refractivity contribution in [3.8, 4) is 66.8 Å². The highest BCUT2D eigenvalue weighted by Crippen LogP contribution is 2.45. The highest BCUT2D eigenvalue weighted by atomic mass is 14.2. The monoisotopic (exact) mass is 684 g/mol. The number of rotatable bonds is 6. The molecule has 0 aromatic heterocycles. The van der Waals surface area contributed by atoms with Crippen molar-refractivity contribution in [2.45, 2.75) is 0 Å². The highest BCUT2D eigenvalue weighted by Gasteiger charge is 2.18. The minimum atomic E-state index is 1.21. The maximum atomic E-state index is 2.40. The molecule has 252 valence electrons. The molecule has 10 aromatic rings. The Kier molecular flexibility index (Phi) is 7.93. The fourth-order valence-electron chi connectivity index (χ4n) is 8.12. The van der Waals surface area contributed by atoms with Crippen LogP contribution in [0.3, 0.4) is 0 Å². The molecule has 10 rings (SSSR count). The van der Waals surface area contributed by atoms with E-state index in [0.717, 1.165) is 0 Å². The van der Waals surface area contributed by atoms with Crippen molar-refractivity contribution in [1.29, 1.82) is 0 Å². The van der Waals surface area contributed by atoms with Crippen LogP contribution in [0.5, 0.6) is 0 Å². The summed E-state index contributed by atoms with van der Waals surface area (Å²) in [5, 5.41) is 7.55. The lowest BCUT2D eigenvalue weighted by molar-refractivity contribution is 1.58. The molecule has 10 aromatic carbocycles. The van der Waals surface area contributed by atoms with E-state index in [0.29, 0.717) is 0 Å². The van der Waals surface area contributed by atoms with E-state index in [1.54, 1.807) is 0 Å². The molecule has 0 saturated heterocycles. The van der Waals surface area contributed by atoms with Gasteiger partial charge in [-0.2, -0.15) is 0 Å². The minimum Gasteiger partial charge on any atom is -0.0622 e. The summed E-state index contributed by atoms with van der Waals surface area (Å²) < 4.78 is 0. The maximum absolute atomic E-state index is 2.40. The summed E-state index contributed by atoms with van der Waals surface area (Å²) in [6.45, 7) is 0. The van der Waals surface area contributed by atoms with E-state index in [9.17, 15) is 0 Å².